The zero-order chi connectivity index (χ0) is 14.8. The van der Waals surface area contributed by atoms with Gasteiger partial charge in [0.25, 0.3) is 0 Å². The molecule has 0 aliphatic rings. The lowest BCUT2D eigenvalue weighted by atomic mass is 10.1. The number of methoxy groups -OCH3 is 1. The summed E-state index contributed by atoms with van der Waals surface area (Å²) in [6.45, 7) is 3.07. The second kappa shape index (κ2) is 9.10. The Bertz CT molecular complexity index is 504. The molecule has 0 radical (unpaired) electrons. The van der Waals surface area contributed by atoms with Gasteiger partial charge in [-0.1, -0.05) is 17.9 Å². The van der Waals surface area contributed by atoms with Crippen molar-refractivity contribution in [2.75, 3.05) is 38.8 Å². The first-order valence-electron chi connectivity index (χ1n) is 6.33. The molecule has 1 amide bonds. The van der Waals surface area contributed by atoms with Crippen molar-refractivity contribution >= 4 is 11.6 Å². The second-order valence-corrected chi connectivity index (χ2v) is 4.15. The largest absolute Gasteiger partial charge is 0.382 e. The van der Waals surface area contributed by atoms with Gasteiger partial charge in [0, 0.05) is 12.7 Å². The number of amides is 1. The van der Waals surface area contributed by atoms with E-state index in [1.165, 1.54) is 0 Å². The van der Waals surface area contributed by atoms with Crippen LogP contribution in [0.2, 0.25) is 0 Å². The van der Waals surface area contributed by atoms with Crippen LogP contribution >= 0.6 is 0 Å². The van der Waals surface area contributed by atoms with E-state index in [9.17, 15) is 4.79 Å². The molecule has 0 unspecified atom stereocenters. The molecule has 3 N–H and O–H groups in total. The first-order chi connectivity index (χ1) is 9.67. The Morgan fingerprint density at radius 3 is 2.90 bits per heavy atom. The molecule has 0 fully saturated rings. The van der Waals surface area contributed by atoms with Crippen LogP contribution < -0.4 is 11.1 Å². The van der Waals surface area contributed by atoms with Gasteiger partial charge >= 0.3 is 0 Å². The molecule has 0 bridgehead atoms. The van der Waals surface area contributed by atoms with Crippen molar-refractivity contribution in [2.45, 2.75) is 6.92 Å². The van der Waals surface area contributed by atoms with Crippen LogP contribution in [0, 0.1) is 18.8 Å². The van der Waals surface area contributed by atoms with Crippen molar-refractivity contribution in [1.82, 2.24) is 0 Å². The summed E-state index contributed by atoms with van der Waals surface area (Å²) in [6, 6.07) is 5.66. The number of anilines is 1. The number of nitrogens with one attached hydrogen (secondary N) is 1. The Labute approximate surface area is 119 Å². The molecule has 0 atom stereocenters. The number of carbonyl (C=O) groups excluding carboxylic acids is 1. The number of rotatable bonds is 6. The van der Waals surface area contributed by atoms with Crippen LogP contribution in [0.5, 0.6) is 0 Å². The molecule has 0 aromatic heterocycles. The van der Waals surface area contributed by atoms with E-state index >= 15 is 0 Å². The van der Waals surface area contributed by atoms with Crippen LogP contribution in [0.1, 0.15) is 11.1 Å². The summed E-state index contributed by atoms with van der Waals surface area (Å²) in [5, 5.41) is 2.79. The van der Waals surface area contributed by atoms with Gasteiger partial charge in [0.1, 0.15) is 6.61 Å². The Balaban J connectivity index is 2.65. The van der Waals surface area contributed by atoms with Crippen molar-refractivity contribution in [3.63, 3.8) is 0 Å². The Morgan fingerprint density at radius 1 is 1.40 bits per heavy atom. The minimum absolute atomic E-state index is 0.0128. The molecule has 0 saturated carbocycles. The van der Waals surface area contributed by atoms with Crippen molar-refractivity contribution in [1.29, 1.82) is 0 Å². The van der Waals surface area contributed by atoms with Crippen LogP contribution in [-0.2, 0) is 14.3 Å². The fourth-order valence-corrected chi connectivity index (χ4v) is 1.51. The lowest BCUT2D eigenvalue weighted by Crippen LogP contribution is -2.20. The average Bonchev–Trinajstić information content (AvgIpc) is 2.43. The lowest BCUT2D eigenvalue weighted by Gasteiger charge is -2.09. The topological polar surface area (TPSA) is 73.6 Å². The van der Waals surface area contributed by atoms with Gasteiger partial charge < -0.3 is 20.5 Å². The molecule has 0 saturated heterocycles. The molecule has 5 heteroatoms. The Morgan fingerprint density at radius 2 is 2.20 bits per heavy atom. The van der Waals surface area contributed by atoms with Crippen molar-refractivity contribution in [3.05, 3.63) is 29.3 Å². The van der Waals surface area contributed by atoms with Crippen molar-refractivity contribution in [3.8, 4) is 11.8 Å². The molecule has 1 rings (SSSR count). The van der Waals surface area contributed by atoms with Gasteiger partial charge in [-0.3, -0.25) is 4.79 Å². The van der Waals surface area contributed by atoms with E-state index < -0.39 is 0 Å². The van der Waals surface area contributed by atoms with Gasteiger partial charge in [-0.05, 0) is 24.6 Å². The maximum atomic E-state index is 11.8. The average molecular weight is 276 g/mol. The molecular formula is C15H20N2O3. The predicted octanol–water partition coefficient (Wildman–Crippen LogP) is 0.907. The van der Waals surface area contributed by atoms with E-state index in [1.54, 1.807) is 7.11 Å². The zero-order valence-corrected chi connectivity index (χ0v) is 11.9. The summed E-state index contributed by atoms with van der Waals surface area (Å²) < 4.78 is 10.0. The molecule has 20 heavy (non-hydrogen) atoms. The minimum Gasteiger partial charge on any atom is -0.382 e. The highest BCUT2D eigenvalue weighted by Crippen LogP contribution is 2.16. The normalized spacial score (nSPS) is 9.75. The van der Waals surface area contributed by atoms with Gasteiger partial charge in [-0.25, -0.2) is 0 Å². The van der Waals surface area contributed by atoms with Gasteiger partial charge in [0.2, 0.25) is 5.91 Å². The third-order valence-electron chi connectivity index (χ3n) is 2.44. The van der Waals surface area contributed by atoms with E-state index in [4.69, 9.17) is 15.2 Å². The molecule has 0 heterocycles. The van der Waals surface area contributed by atoms with Crippen LogP contribution in [0.15, 0.2) is 18.2 Å². The standard InChI is InChI=1S/C15H20N2O3/c1-12-5-6-13(4-3-7-16)14(10-12)17-15(18)11-20-9-8-19-2/h5-6,10H,7-9,11,16H2,1-2H3,(H,17,18). The molecule has 0 aliphatic heterocycles. The van der Waals surface area contributed by atoms with E-state index in [0.29, 0.717) is 18.9 Å². The number of carbonyl (C=O) groups is 1. The molecule has 5 nitrogen and oxygen atoms in total. The first-order valence-corrected chi connectivity index (χ1v) is 6.33. The summed E-state index contributed by atoms with van der Waals surface area (Å²) in [6.07, 6.45) is 0. The van der Waals surface area contributed by atoms with Gasteiger partial charge in [0.05, 0.1) is 25.4 Å². The maximum Gasteiger partial charge on any atom is 0.250 e. The Hall–Kier alpha value is -1.87. The predicted molar refractivity (Wildman–Crippen MR) is 78.4 cm³/mol. The highest BCUT2D eigenvalue weighted by Gasteiger charge is 2.06. The number of benzene rings is 1. The highest BCUT2D eigenvalue weighted by atomic mass is 16.5. The number of aryl methyl sites for hydroxylation is 1. The fraction of sp³-hybridized carbons (Fsp3) is 0.400. The number of nitrogens with two attached hydrogens (primary N) is 1. The van der Waals surface area contributed by atoms with E-state index in [1.807, 2.05) is 25.1 Å². The molecular weight excluding hydrogens is 256 g/mol. The summed E-state index contributed by atoms with van der Waals surface area (Å²) in [7, 11) is 1.58. The minimum atomic E-state index is -0.220. The van der Waals surface area contributed by atoms with E-state index in [-0.39, 0.29) is 19.1 Å². The fourth-order valence-electron chi connectivity index (χ4n) is 1.51. The van der Waals surface area contributed by atoms with Crippen molar-refractivity contribution in [2.24, 2.45) is 5.73 Å². The smallest absolute Gasteiger partial charge is 0.250 e. The summed E-state index contributed by atoms with van der Waals surface area (Å²) in [4.78, 5) is 11.8. The monoisotopic (exact) mass is 276 g/mol. The highest BCUT2D eigenvalue weighted by molar-refractivity contribution is 5.93. The van der Waals surface area contributed by atoms with Crippen LogP contribution in [0.3, 0.4) is 0 Å². The molecule has 1 aromatic carbocycles. The first kappa shape index (κ1) is 16.2. The Kier molecular flexibility index (Phi) is 7.36. The van der Waals surface area contributed by atoms with Gasteiger partial charge in [0.15, 0.2) is 0 Å². The SMILES string of the molecule is COCCOCC(=O)Nc1cc(C)ccc1C#CCN. The molecule has 0 spiro atoms. The summed E-state index contributed by atoms with van der Waals surface area (Å²) in [5.41, 5.74) is 7.81. The second-order valence-electron chi connectivity index (χ2n) is 4.15. The summed E-state index contributed by atoms with van der Waals surface area (Å²) >= 11 is 0. The van der Waals surface area contributed by atoms with Crippen LogP contribution in [-0.4, -0.2) is 39.4 Å². The maximum absolute atomic E-state index is 11.8. The lowest BCUT2D eigenvalue weighted by molar-refractivity contribution is -0.121. The molecule has 1 aromatic rings. The number of ether oxygens (including phenoxy) is 2. The molecule has 0 aliphatic carbocycles. The van der Waals surface area contributed by atoms with Gasteiger partial charge in [-0.2, -0.15) is 0 Å². The van der Waals surface area contributed by atoms with Crippen LogP contribution in [0.25, 0.3) is 0 Å². The third kappa shape index (κ3) is 5.85. The molecule has 108 valence electrons. The summed E-state index contributed by atoms with van der Waals surface area (Å²) in [5.74, 6) is 5.49. The van der Waals surface area contributed by atoms with Crippen molar-refractivity contribution < 1.29 is 14.3 Å². The van der Waals surface area contributed by atoms with E-state index in [2.05, 4.69) is 17.2 Å². The number of hydrogen-bond acceptors (Lipinski definition) is 4. The third-order valence-corrected chi connectivity index (χ3v) is 2.44. The zero-order valence-electron chi connectivity index (χ0n) is 11.9. The van der Waals surface area contributed by atoms with E-state index in [0.717, 1.165) is 11.1 Å². The quantitative estimate of drug-likeness (QED) is 0.598. The number of hydrogen-bond donors (Lipinski definition) is 2. The van der Waals surface area contributed by atoms with Crippen LogP contribution in [0.4, 0.5) is 5.69 Å². The van der Waals surface area contributed by atoms with Gasteiger partial charge in [-0.15, -0.1) is 0 Å².